The van der Waals surface area contributed by atoms with E-state index < -0.39 is 0 Å². The fourth-order valence-electron chi connectivity index (χ4n) is 2.70. The first-order chi connectivity index (χ1) is 11.4. The predicted molar refractivity (Wildman–Crippen MR) is 105 cm³/mol. The molecule has 0 aliphatic heterocycles. The number of carbonyl (C=O) groups excluding carboxylic acids is 1. The van der Waals surface area contributed by atoms with Gasteiger partial charge in [0.15, 0.2) is 5.11 Å². The van der Waals surface area contributed by atoms with Crippen molar-refractivity contribution < 1.29 is 4.79 Å². The Bertz CT molecular complexity index is 735. The van der Waals surface area contributed by atoms with Gasteiger partial charge in [0.05, 0.1) is 0 Å². The van der Waals surface area contributed by atoms with Gasteiger partial charge in [0, 0.05) is 11.3 Å². The van der Waals surface area contributed by atoms with Crippen molar-refractivity contribution in [1.29, 1.82) is 0 Å². The number of para-hydroxylation sites is 1. The topological polar surface area (TPSA) is 41.1 Å². The molecular weight excluding hydrogens is 316 g/mol. The van der Waals surface area contributed by atoms with Crippen molar-refractivity contribution in [3.05, 3.63) is 64.7 Å². The third kappa shape index (κ3) is 4.65. The lowest BCUT2D eigenvalue weighted by atomic mass is 9.97. The van der Waals surface area contributed by atoms with Gasteiger partial charge >= 0.3 is 0 Å². The maximum atomic E-state index is 12.4. The molecule has 24 heavy (non-hydrogen) atoms. The predicted octanol–water partition coefficient (Wildman–Crippen LogP) is 4.94. The van der Waals surface area contributed by atoms with E-state index in [1.807, 2.05) is 50.2 Å². The van der Waals surface area contributed by atoms with Crippen LogP contribution in [0.4, 0.5) is 5.69 Å². The summed E-state index contributed by atoms with van der Waals surface area (Å²) >= 11 is 5.32. The first-order valence-electron chi connectivity index (χ1n) is 8.20. The van der Waals surface area contributed by atoms with E-state index in [2.05, 4.69) is 30.5 Å². The van der Waals surface area contributed by atoms with Crippen LogP contribution in [0.2, 0.25) is 0 Å². The molecule has 0 saturated carbocycles. The third-order valence-electron chi connectivity index (χ3n) is 4.06. The van der Waals surface area contributed by atoms with Crippen molar-refractivity contribution in [2.24, 2.45) is 0 Å². The number of amides is 1. The highest BCUT2D eigenvalue weighted by molar-refractivity contribution is 7.80. The minimum atomic E-state index is -0.194. The number of nitrogens with one attached hydrogen (secondary N) is 2. The zero-order valence-corrected chi connectivity index (χ0v) is 15.5. The van der Waals surface area contributed by atoms with Gasteiger partial charge in [-0.25, -0.2) is 0 Å². The summed E-state index contributed by atoms with van der Waals surface area (Å²) in [6.07, 6.45) is 1.04. The second kappa shape index (κ2) is 8.06. The summed E-state index contributed by atoms with van der Waals surface area (Å²) < 4.78 is 0. The van der Waals surface area contributed by atoms with E-state index in [9.17, 15) is 4.79 Å². The third-order valence-corrected chi connectivity index (χ3v) is 4.27. The summed E-state index contributed by atoms with van der Waals surface area (Å²) in [4.78, 5) is 12.4. The molecule has 126 valence electrons. The van der Waals surface area contributed by atoms with E-state index in [4.69, 9.17) is 12.2 Å². The fourth-order valence-corrected chi connectivity index (χ4v) is 2.90. The number of aryl methyl sites for hydroxylation is 2. The maximum Gasteiger partial charge on any atom is 0.257 e. The van der Waals surface area contributed by atoms with Gasteiger partial charge in [-0.1, -0.05) is 49.2 Å². The number of anilines is 1. The number of hydrogen-bond donors (Lipinski definition) is 2. The average Bonchev–Trinajstić information content (AvgIpc) is 2.53. The Labute approximate surface area is 149 Å². The molecule has 4 heteroatoms. The highest BCUT2D eigenvalue weighted by Crippen LogP contribution is 2.26. The van der Waals surface area contributed by atoms with Crippen molar-refractivity contribution in [3.8, 4) is 0 Å². The second-order valence-electron chi connectivity index (χ2n) is 6.18. The Kier molecular flexibility index (Phi) is 6.10. The molecule has 2 rings (SSSR count). The molecule has 0 aromatic heterocycles. The summed E-state index contributed by atoms with van der Waals surface area (Å²) in [6.45, 7) is 8.28. The van der Waals surface area contributed by atoms with E-state index in [1.165, 1.54) is 5.56 Å². The Morgan fingerprint density at radius 1 is 1.12 bits per heavy atom. The quantitative estimate of drug-likeness (QED) is 0.774. The van der Waals surface area contributed by atoms with Crippen LogP contribution in [0.5, 0.6) is 0 Å². The number of carbonyl (C=O) groups is 1. The molecule has 2 aromatic carbocycles. The zero-order valence-electron chi connectivity index (χ0n) is 14.6. The molecule has 1 amide bonds. The van der Waals surface area contributed by atoms with Gasteiger partial charge in [0.25, 0.3) is 5.91 Å². The van der Waals surface area contributed by atoms with Crippen molar-refractivity contribution >= 4 is 28.9 Å². The minimum Gasteiger partial charge on any atom is -0.332 e. The lowest BCUT2D eigenvalue weighted by Gasteiger charge is -2.17. The average molecular weight is 340 g/mol. The van der Waals surface area contributed by atoms with Crippen LogP contribution in [0.25, 0.3) is 0 Å². The molecule has 0 fully saturated rings. The number of rotatable bonds is 4. The SMILES string of the molecule is CC[C@@H](C)c1ccccc1NC(=S)NC(=O)c1cc(C)cc(C)c1. The smallest absolute Gasteiger partial charge is 0.257 e. The standard InChI is InChI=1S/C20H24N2OS/c1-5-15(4)17-8-6-7-9-18(17)21-20(24)22-19(23)16-11-13(2)10-14(3)12-16/h6-12,15H,5H2,1-4H3,(H2,21,22,23,24)/t15-/m1/s1. The largest absolute Gasteiger partial charge is 0.332 e. The van der Waals surface area contributed by atoms with E-state index in [0.29, 0.717) is 16.6 Å². The van der Waals surface area contributed by atoms with Crippen molar-refractivity contribution in [1.82, 2.24) is 5.32 Å². The summed E-state index contributed by atoms with van der Waals surface area (Å²) in [5.41, 5.74) is 4.87. The summed E-state index contributed by atoms with van der Waals surface area (Å²) in [7, 11) is 0. The molecule has 0 aliphatic carbocycles. The van der Waals surface area contributed by atoms with Gasteiger partial charge in [0.2, 0.25) is 0 Å². The molecule has 0 heterocycles. The molecule has 0 unspecified atom stereocenters. The molecule has 3 nitrogen and oxygen atoms in total. The molecule has 2 N–H and O–H groups in total. The van der Waals surface area contributed by atoms with Crippen LogP contribution < -0.4 is 10.6 Å². The summed E-state index contributed by atoms with van der Waals surface area (Å²) in [5.74, 6) is 0.229. The summed E-state index contributed by atoms with van der Waals surface area (Å²) in [6, 6.07) is 13.8. The van der Waals surface area contributed by atoms with Crippen molar-refractivity contribution in [2.75, 3.05) is 5.32 Å². The normalized spacial score (nSPS) is 11.7. The minimum absolute atomic E-state index is 0.194. The second-order valence-corrected chi connectivity index (χ2v) is 6.59. The van der Waals surface area contributed by atoms with Crippen LogP contribution in [0.3, 0.4) is 0 Å². The monoisotopic (exact) mass is 340 g/mol. The highest BCUT2D eigenvalue weighted by atomic mass is 32.1. The molecule has 0 spiro atoms. The first kappa shape index (κ1) is 18.1. The molecule has 0 radical (unpaired) electrons. The van der Waals surface area contributed by atoms with Crippen LogP contribution >= 0.6 is 12.2 Å². The molecule has 0 bridgehead atoms. The Hall–Kier alpha value is -2.20. The lowest BCUT2D eigenvalue weighted by molar-refractivity contribution is 0.0977. The van der Waals surface area contributed by atoms with Gasteiger partial charge in [-0.15, -0.1) is 0 Å². The lowest BCUT2D eigenvalue weighted by Crippen LogP contribution is -2.34. The van der Waals surface area contributed by atoms with Crippen LogP contribution in [0.15, 0.2) is 42.5 Å². The van der Waals surface area contributed by atoms with E-state index in [-0.39, 0.29) is 5.91 Å². The van der Waals surface area contributed by atoms with E-state index in [0.717, 1.165) is 23.2 Å². The van der Waals surface area contributed by atoms with Crippen LogP contribution in [-0.4, -0.2) is 11.0 Å². The van der Waals surface area contributed by atoms with Gasteiger partial charge < -0.3 is 5.32 Å². The highest BCUT2D eigenvalue weighted by Gasteiger charge is 2.12. The fraction of sp³-hybridized carbons (Fsp3) is 0.300. The summed E-state index contributed by atoms with van der Waals surface area (Å²) in [5, 5.41) is 6.23. The van der Waals surface area contributed by atoms with Gasteiger partial charge in [0.1, 0.15) is 0 Å². The van der Waals surface area contributed by atoms with Crippen molar-refractivity contribution in [2.45, 2.75) is 40.0 Å². The molecule has 0 aliphatic rings. The first-order valence-corrected chi connectivity index (χ1v) is 8.61. The van der Waals surface area contributed by atoms with Crippen molar-refractivity contribution in [3.63, 3.8) is 0 Å². The van der Waals surface area contributed by atoms with Crippen LogP contribution in [0.1, 0.15) is 53.2 Å². The molecule has 0 saturated heterocycles. The van der Waals surface area contributed by atoms with Crippen LogP contribution in [0, 0.1) is 13.8 Å². The molecular formula is C20H24N2OS. The van der Waals surface area contributed by atoms with Gasteiger partial charge in [-0.3, -0.25) is 10.1 Å². The van der Waals surface area contributed by atoms with E-state index in [1.54, 1.807) is 0 Å². The molecule has 1 atom stereocenters. The number of hydrogen-bond acceptors (Lipinski definition) is 2. The Balaban J connectivity index is 2.10. The number of benzene rings is 2. The maximum absolute atomic E-state index is 12.4. The van der Waals surface area contributed by atoms with E-state index >= 15 is 0 Å². The Morgan fingerprint density at radius 2 is 1.75 bits per heavy atom. The Morgan fingerprint density at radius 3 is 2.38 bits per heavy atom. The zero-order chi connectivity index (χ0) is 17.7. The van der Waals surface area contributed by atoms with Crippen LogP contribution in [-0.2, 0) is 0 Å². The van der Waals surface area contributed by atoms with Gasteiger partial charge in [-0.2, -0.15) is 0 Å². The molecule has 2 aromatic rings. The van der Waals surface area contributed by atoms with Gasteiger partial charge in [-0.05, 0) is 62.2 Å². The number of thiocarbonyl (C=S) groups is 1.